The molecule has 0 unspecified atom stereocenters. The SMILES string of the molecule is COc1cc(Nc2nccc(-c3cnc4c(c3)C(C)(C)CN4)n2)c(C)c(C(=O)N2CCC(O)CC2)c1. The Morgan fingerprint density at radius 1 is 1.22 bits per heavy atom. The number of nitrogens with one attached hydrogen (secondary N) is 2. The van der Waals surface area contributed by atoms with Gasteiger partial charge in [0.1, 0.15) is 11.6 Å². The van der Waals surface area contributed by atoms with Crippen molar-refractivity contribution in [3.05, 3.63) is 53.3 Å². The lowest BCUT2D eigenvalue weighted by molar-refractivity contribution is 0.0545. The van der Waals surface area contributed by atoms with Gasteiger partial charge in [-0.15, -0.1) is 0 Å². The van der Waals surface area contributed by atoms with Crippen molar-refractivity contribution in [2.45, 2.75) is 45.1 Å². The molecule has 3 N–H and O–H groups in total. The van der Waals surface area contributed by atoms with E-state index in [4.69, 9.17) is 9.72 Å². The molecule has 2 aromatic heterocycles. The minimum atomic E-state index is -0.342. The number of benzene rings is 1. The third-order valence-electron chi connectivity index (χ3n) is 7.11. The number of nitrogens with zero attached hydrogens (tertiary/aromatic N) is 4. The second-order valence-corrected chi connectivity index (χ2v) is 10.1. The molecule has 36 heavy (non-hydrogen) atoms. The normalized spacial score (nSPS) is 16.9. The molecule has 5 rings (SSSR count). The van der Waals surface area contributed by atoms with Crippen LogP contribution in [0.25, 0.3) is 11.3 Å². The number of rotatable bonds is 5. The zero-order valence-corrected chi connectivity index (χ0v) is 21.1. The van der Waals surface area contributed by atoms with Crippen LogP contribution in [0.1, 0.15) is 48.2 Å². The van der Waals surface area contributed by atoms with Crippen molar-refractivity contribution >= 4 is 23.4 Å². The van der Waals surface area contributed by atoms with Gasteiger partial charge in [0, 0.05) is 65.9 Å². The van der Waals surface area contributed by atoms with Crippen molar-refractivity contribution in [2.75, 3.05) is 37.4 Å². The second kappa shape index (κ2) is 9.39. The highest BCUT2D eigenvalue weighted by Crippen LogP contribution is 2.37. The molecule has 0 radical (unpaired) electrons. The molecule has 0 aliphatic carbocycles. The van der Waals surface area contributed by atoms with Gasteiger partial charge in [0.15, 0.2) is 0 Å². The van der Waals surface area contributed by atoms with Crippen molar-refractivity contribution in [1.82, 2.24) is 19.9 Å². The van der Waals surface area contributed by atoms with Crippen LogP contribution < -0.4 is 15.4 Å². The van der Waals surface area contributed by atoms with E-state index in [1.807, 2.05) is 25.3 Å². The zero-order valence-electron chi connectivity index (χ0n) is 21.1. The van der Waals surface area contributed by atoms with Crippen LogP contribution in [0, 0.1) is 6.92 Å². The van der Waals surface area contributed by atoms with E-state index in [1.54, 1.807) is 24.3 Å². The van der Waals surface area contributed by atoms with E-state index in [2.05, 4.69) is 40.5 Å². The molecule has 0 saturated carbocycles. The lowest BCUT2D eigenvalue weighted by Crippen LogP contribution is -2.40. The molecular formula is C27H32N6O3. The largest absolute Gasteiger partial charge is 0.497 e. The van der Waals surface area contributed by atoms with E-state index >= 15 is 0 Å². The van der Waals surface area contributed by atoms with Gasteiger partial charge in [-0.05, 0) is 43.5 Å². The minimum absolute atomic E-state index is 0.000455. The Morgan fingerprint density at radius 3 is 2.75 bits per heavy atom. The van der Waals surface area contributed by atoms with Crippen LogP contribution >= 0.6 is 0 Å². The molecule has 2 aliphatic heterocycles. The molecule has 0 bridgehead atoms. The maximum Gasteiger partial charge on any atom is 0.254 e. The van der Waals surface area contributed by atoms with Gasteiger partial charge in [0.25, 0.3) is 5.91 Å². The highest BCUT2D eigenvalue weighted by molar-refractivity contribution is 5.98. The third-order valence-corrected chi connectivity index (χ3v) is 7.11. The second-order valence-electron chi connectivity index (χ2n) is 10.1. The van der Waals surface area contributed by atoms with Crippen LogP contribution in [0.4, 0.5) is 17.5 Å². The molecule has 2 aliphatic rings. The summed E-state index contributed by atoms with van der Waals surface area (Å²) in [6.45, 7) is 8.21. The summed E-state index contributed by atoms with van der Waals surface area (Å²) in [6, 6.07) is 7.60. The number of piperidine rings is 1. The number of methoxy groups -OCH3 is 1. The maximum absolute atomic E-state index is 13.3. The number of amides is 1. The van der Waals surface area contributed by atoms with Gasteiger partial charge in [-0.3, -0.25) is 4.79 Å². The fourth-order valence-electron chi connectivity index (χ4n) is 4.76. The zero-order chi connectivity index (χ0) is 25.4. The van der Waals surface area contributed by atoms with E-state index < -0.39 is 0 Å². The molecular weight excluding hydrogens is 456 g/mol. The Hall–Kier alpha value is -3.72. The average Bonchev–Trinajstić information content (AvgIpc) is 3.19. The summed E-state index contributed by atoms with van der Waals surface area (Å²) in [5.41, 5.74) is 4.89. The Bertz CT molecular complexity index is 1300. The lowest BCUT2D eigenvalue weighted by atomic mass is 9.87. The number of aromatic nitrogens is 3. The number of carbonyl (C=O) groups excluding carboxylic acids is 1. The van der Waals surface area contributed by atoms with Crippen LogP contribution in [-0.4, -0.2) is 63.7 Å². The summed E-state index contributed by atoms with van der Waals surface area (Å²) in [5.74, 6) is 1.83. The summed E-state index contributed by atoms with van der Waals surface area (Å²) < 4.78 is 5.49. The number of hydrogen-bond donors (Lipinski definition) is 3. The van der Waals surface area contributed by atoms with E-state index in [0.717, 1.165) is 29.2 Å². The molecule has 0 spiro atoms. The highest BCUT2D eigenvalue weighted by Gasteiger charge is 2.31. The van der Waals surface area contributed by atoms with Crippen molar-refractivity contribution in [3.63, 3.8) is 0 Å². The number of likely N-dealkylation sites (tertiary alicyclic amines) is 1. The van der Waals surface area contributed by atoms with Crippen molar-refractivity contribution in [2.24, 2.45) is 0 Å². The first-order valence-corrected chi connectivity index (χ1v) is 12.3. The predicted molar refractivity (Wildman–Crippen MR) is 139 cm³/mol. The Kier molecular flexibility index (Phi) is 6.26. The summed E-state index contributed by atoms with van der Waals surface area (Å²) in [6.07, 6.45) is 4.37. The number of carbonyl (C=O) groups is 1. The molecule has 1 aromatic carbocycles. The summed E-state index contributed by atoms with van der Waals surface area (Å²) in [4.78, 5) is 28.8. The number of ether oxygens (including phenoxy) is 1. The van der Waals surface area contributed by atoms with E-state index in [-0.39, 0.29) is 17.4 Å². The Morgan fingerprint density at radius 2 is 2.00 bits per heavy atom. The van der Waals surface area contributed by atoms with E-state index in [9.17, 15) is 9.90 Å². The molecule has 1 fully saturated rings. The molecule has 9 nitrogen and oxygen atoms in total. The summed E-state index contributed by atoms with van der Waals surface area (Å²) in [5, 5.41) is 16.5. The fraction of sp³-hybridized carbons (Fsp3) is 0.407. The minimum Gasteiger partial charge on any atom is -0.497 e. The van der Waals surface area contributed by atoms with Crippen LogP contribution in [-0.2, 0) is 5.41 Å². The van der Waals surface area contributed by atoms with Gasteiger partial charge in [-0.2, -0.15) is 0 Å². The smallest absolute Gasteiger partial charge is 0.254 e. The molecule has 9 heteroatoms. The van der Waals surface area contributed by atoms with Crippen molar-refractivity contribution < 1.29 is 14.6 Å². The quantitative estimate of drug-likeness (QED) is 0.496. The first kappa shape index (κ1) is 24.0. The third kappa shape index (κ3) is 4.58. The number of pyridine rings is 1. The van der Waals surface area contributed by atoms with Crippen LogP contribution in [0.5, 0.6) is 5.75 Å². The predicted octanol–water partition coefficient (Wildman–Crippen LogP) is 3.90. The number of aliphatic hydroxyl groups excluding tert-OH is 1. The van der Waals surface area contributed by atoms with Gasteiger partial charge in [-0.1, -0.05) is 13.8 Å². The van der Waals surface area contributed by atoms with Crippen LogP contribution in [0.2, 0.25) is 0 Å². The summed E-state index contributed by atoms with van der Waals surface area (Å²) in [7, 11) is 1.58. The first-order valence-electron chi connectivity index (χ1n) is 12.3. The Balaban J connectivity index is 1.44. The van der Waals surface area contributed by atoms with Gasteiger partial charge >= 0.3 is 0 Å². The molecule has 4 heterocycles. The number of aliphatic hydroxyl groups is 1. The molecule has 1 amide bonds. The monoisotopic (exact) mass is 488 g/mol. The maximum atomic E-state index is 13.3. The Labute approximate surface area is 211 Å². The highest BCUT2D eigenvalue weighted by atomic mass is 16.5. The summed E-state index contributed by atoms with van der Waals surface area (Å²) >= 11 is 0. The van der Waals surface area contributed by atoms with Crippen LogP contribution in [0.3, 0.4) is 0 Å². The lowest BCUT2D eigenvalue weighted by Gasteiger charge is -2.30. The number of anilines is 3. The molecule has 3 aromatic rings. The molecule has 1 saturated heterocycles. The molecule has 188 valence electrons. The topological polar surface area (TPSA) is 112 Å². The number of fused-ring (bicyclic) bond motifs is 1. The van der Waals surface area contributed by atoms with E-state index in [0.29, 0.717) is 48.9 Å². The van der Waals surface area contributed by atoms with Gasteiger partial charge in [0.05, 0.1) is 18.9 Å². The van der Waals surface area contributed by atoms with Gasteiger partial charge in [0.2, 0.25) is 5.95 Å². The van der Waals surface area contributed by atoms with Crippen molar-refractivity contribution in [1.29, 1.82) is 0 Å². The average molecular weight is 489 g/mol. The van der Waals surface area contributed by atoms with Crippen molar-refractivity contribution in [3.8, 4) is 17.0 Å². The van der Waals surface area contributed by atoms with Gasteiger partial charge in [-0.25, -0.2) is 15.0 Å². The van der Waals surface area contributed by atoms with Gasteiger partial charge < -0.3 is 25.4 Å². The first-order chi connectivity index (χ1) is 17.2. The van der Waals surface area contributed by atoms with Crippen LogP contribution in [0.15, 0.2) is 36.7 Å². The fourth-order valence-corrected chi connectivity index (χ4v) is 4.76. The standard InChI is InChI=1S/C27H32N6O3/c1-16-20(25(35)33-9-6-18(34)7-10-33)12-19(36-4)13-23(16)32-26-28-8-5-22(31-26)17-11-21-24(29-14-17)30-15-27(21,2)3/h5,8,11-14,18,34H,6-7,9-10,15H2,1-4H3,(H,29,30)(H,28,31,32). The molecule has 0 atom stereocenters. The number of hydrogen-bond acceptors (Lipinski definition) is 8. The van der Waals surface area contributed by atoms with E-state index in [1.165, 1.54) is 5.56 Å².